The molecule has 2 nitrogen and oxygen atoms in total. The van der Waals surface area contributed by atoms with Gasteiger partial charge in [0.05, 0.1) is 11.2 Å². The third-order valence-electron chi connectivity index (χ3n) is 12.6. The van der Waals surface area contributed by atoms with Gasteiger partial charge in [0, 0.05) is 38.5 Å². The number of para-hydroxylation sites is 2. The molecule has 0 saturated heterocycles. The summed E-state index contributed by atoms with van der Waals surface area (Å²) in [5.41, 5.74) is 22.4. The Bertz CT molecular complexity index is 2900. The van der Waals surface area contributed by atoms with Gasteiger partial charge in [0.25, 0.3) is 0 Å². The van der Waals surface area contributed by atoms with Crippen LogP contribution in [0.15, 0.2) is 145 Å². The van der Waals surface area contributed by atoms with Crippen molar-refractivity contribution in [2.45, 2.75) is 51.4 Å². The van der Waals surface area contributed by atoms with Crippen molar-refractivity contribution in [3.63, 3.8) is 0 Å². The molecule has 1 unspecified atom stereocenters. The highest BCUT2D eigenvalue weighted by Crippen LogP contribution is 2.52. The van der Waals surface area contributed by atoms with Crippen molar-refractivity contribution in [1.29, 1.82) is 0 Å². The predicted octanol–water partition coefficient (Wildman–Crippen LogP) is 13.3. The van der Waals surface area contributed by atoms with Crippen molar-refractivity contribution >= 4 is 38.3 Å². The third kappa shape index (κ3) is 4.48. The molecule has 53 heavy (non-hydrogen) atoms. The lowest BCUT2D eigenvalue weighted by atomic mass is 9.72. The molecule has 0 fully saturated rings. The second-order valence-corrected chi connectivity index (χ2v) is 15.9. The van der Waals surface area contributed by atoms with E-state index in [4.69, 9.17) is 4.98 Å². The van der Waals surface area contributed by atoms with Gasteiger partial charge in [-0.1, -0.05) is 117 Å². The Balaban J connectivity index is 1.01. The molecule has 0 bridgehead atoms. The predicted molar refractivity (Wildman–Crippen MR) is 222 cm³/mol. The molecule has 0 aliphatic heterocycles. The normalized spacial score (nSPS) is 16.9. The fraction of sp³-hybridized carbons (Fsp3) is 0.157. The largest absolute Gasteiger partial charge is 0.355 e. The second-order valence-electron chi connectivity index (χ2n) is 15.9. The van der Waals surface area contributed by atoms with Crippen LogP contribution in [0.2, 0.25) is 0 Å². The fourth-order valence-electron chi connectivity index (χ4n) is 9.99. The Morgan fingerprint density at radius 2 is 1.40 bits per heavy atom. The van der Waals surface area contributed by atoms with E-state index in [2.05, 4.69) is 165 Å². The zero-order valence-electron chi connectivity index (χ0n) is 30.4. The van der Waals surface area contributed by atoms with Gasteiger partial charge in [-0.2, -0.15) is 0 Å². The average Bonchev–Trinajstić information content (AvgIpc) is 3.67. The highest BCUT2D eigenvalue weighted by atomic mass is 14.7. The van der Waals surface area contributed by atoms with Crippen molar-refractivity contribution in [3.05, 3.63) is 179 Å². The van der Waals surface area contributed by atoms with Crippen molar-refractivity contribution in [2.75, 3.05) is 0 Å². The number of H-pyrrole nitrogens is 1. The van der Waals surface area contributed by atoms with Gasteiger partial charge in [-0.25, -0.2) is 0 Å². The maximum atomic E-state index is 5.44. The molecule has 0 amide bonds. The molecule has 2 aromatic heterocycles. The summed E-state index contributed by atoms with van der Waals surface area (Å²) in [6.45, 7) is 7.07. The number of pyridine rings is 1. The molecule has 0 radical (unpaired) electrons. The number of hydrogen-bond donors (Lipinski definition) is 1. The summed E-state index contributed by atoms with van der Waals surface area (Å²) in [4.78, 5) is 9.12. The van der Waals surface area contributed by atoms with Crippen LogP contribution in [0.3, 0.4) is 0 Å². The first-order valence-electron chi connectivity index (χ1n) is 19.1. The summed E-state index contributed by atoms with van der Waals surface area (Å²) in [6.07, 6.45) is 7.87. The first kappa shape index (κ1) is 30.6. The number of hydrogen-bond acceptors (Lipinski definition) is 1. The zero-order valence-corrected chi connectivity index (χ0v) is 30.4. The smallest absolute Gasteiger partial charge is 0.0712 e. The van der Waals surface area contributed by atoms with Gasteiger partial charge in [-0.15, -0.1) is 0 Å². The van der Waals surface area contributed by atoms with Crippen molar-refractivity contribution < 1.29 is 0 Å². The summed E-state index contributed by atoms with van der Waals surface area (Å²) in [5.74, 6) is 0.217. The summed E-state index contributed by atoms with van der Waals surface area (Å²) in [5, 5.41) is 3.82. The molecule has 3 aliphatic carbocycles. The Morgan fingerprint density at radius 3 is 2.28 bits per heavy atom. The van der Waals surface area contributed by atoms with Crippen LogP contribution in [0.5, 0.6) is 0 Å². The topological polar surface area (TPSA) is 28.7 Å². The molecule has 8 aromatic rings. The highest BCUT2D eigenvalue weighted by molar-refractivity contribution is 6.10. The minimum Gasteiger partial charge on any atom is -0.355 e. The minimum absolute atomic E-state index is 0.0965. The van der Waals surface area contributed by atoms with Gasteiger partial charge in [0.1, 0.15) is 0 Å². The quantitative estimate of drug-likeness (QED) is 0.198. The Morgan fingerprint density at radius 1 is 0.642 bits per heavy atom. The van der Waals surface area contributed by atoms with Crippen molar-refractivity contribution in [1.82, 2.24) is 9.97 Å². The molecule has 254 valence electrons. The van der Waals surface area contributed by atoms with E-state index < -0.39 is 0 Å². The van der Waals surface area contributed by atoms with Crippen LogP contribution in [0.1, 0.15) is 66.1 Å². The molecule has 2 heterocycles. The maximum absolute atomic E-state index is 5.44. The van der Waals surface area contributed by atoms with E-state index in [1.165, 1.54) is 105 Å². The van der Waals surface area contributed by atoms with Crippen LogP contribution in [0, 0.1) is 6.92 Å². The summed E-state index contributed by atoms with van der Waals surface area (Å²) in [6, 6.07) is 47.5. The molecular weight excluding hydrogens is 641 g/mol. The number of allylic oxidation sites excluding steroid dienone is 4. The first-order valence-corrected chi connectivity index (χ1v) is 19.1. The fourth-order valence-corrected chi connectivity index (χ4v) is 9.99. The number of fused-ring (bicyclic) bond motifs is 9. The standard InChI is InChI=1S/C51H40N2/c1-30-49(31-13-5-4-6-14-31)39-18-10-12-20-47(39)53-50(30)43-26-34-22-21-32(25-40(34)35-15-7-8-16-36(35)43)33-23-24-37-41-28-42-38-17-9-11-19-46(38)52-48(42)29-45(41)51(2,3)44(37)27-33/h4-6,8-14,16-25,27-29,43,52H,7,15,26H2,1-3H3. The molecule has 0 saturated carbocycles. The SMILES string of the molecule is Cc1c(C2Cc3ccc(-c4ccc5c(c4)C(C)(C)c4cc6[nH]c7ccccc7c6cc4-5)cc3C3=C2C=CCC3)nc2ccccc2c1-c1ccccc1. The summed E-state index contributed by atoms with van der Waals surface area (Å²) in [7, 11) is 0. The first-order chi connectivity index (χ1) is 25.9. The van der Waals surface area contributed by atoms with E-state index in [0.717, 1.165) is 24.8 Å². The van der Waals surface area contributed by atoms with Crippen molar-refractivity contribution in [3.8, 4) is 33.4 Å². The van der Waals surface area contributed by atoms with Crippen LogP contribution in [-0.4, -0.2) is 9.97 Å². The minimum atomic E-state index is -0.0965. The number of aromatic amines is 1. The lowest BCUT2D eigenvalue weighted by molar-refractivity contribution is 0.661. The van der Waals surface area contributed by atoms with E-state index in [-0.39, 0.29) is 11.3 Å². The zero-order chi connectivity index (χ0) is 35.4. The van der Waals surface area contributed by atoms with Crippen LogP contribution in [-0.2, 0) is 11.8 Å². The summed E-state index contributed by atoms with van der Waals surface area (Å²) >= 11 is 0. The van der Waals surface area contributed by atoms with E-state index in [0.29, 0.717) is 0 Å². The highest BCUT2D eigenvalue weighted by Gasteiger charge is 2.37. The molecule has 1 atom stereocenters. The molecule has 0 spiro atoms. The van der Waals surface area contributed by atoms with E-state index in [9.17, 15) is 0 Å². The Kier molecular flexibility index (Phi) is 6.50. The second kappa shape index (κ2) is 11.3. The molecular formula is C51H40N2. The van der Waals surface area contributed by atoms with Gasteiger partial charge in [0.15, 0.2) is 0 Å². The number of nitrogens with zero attached hydrogens (tertiary/aromatic N) is 1. The average molecular weight is 681 g/mol. The van der Waals surface area contributed by atoms with E-state index in [1.807, 2.05) is 0 Å². The Labute approximate surface area is 310 Å². The molecule has 3 aliphatic rings. The van der Waals surface area contributed by atoms with Crippen molar-refractivity contribution in [2.24, 2.45) is 0 Å². The molecule has 6 aromatic carbocycles. The van der Waals surface area contributed by atoms with Crippen LogP contribution in [0.25, 0.3) is 71.7 Å². The van der Waals surface area contributed by atoms with E-state index in [1.54, 1.807) is 0 Å². The van der Waals surface area contributed by atoms with Gasteiger partial charge in [-0.3, -0.25) is 4.98 Å². The summed E-state index contributed by atoms with van der Waals surface area (Å²) < 4.78 is 0. The van der Waals surface area contributed by atoms with Gasteiger partial charge in [0.2, 0.25) is 0 Å². The lowest BCUT2D eigenvalue weighted by Gasteiger charge is -2.33. The van der Waals surface area contributed by atoms with Crippen LogP contribution < -0.4 is 0 Å². The lowest BCUT2D eigenvalue weighted by Crippen LogP contribution is -2.18. The van der Waals surface area contributed by atoms with Crippen LogP contribution >= 0.6 is 0 Å². The molecule has 1 N–H and O–H groups in total. The molecule has 11 rings (SSSR count). The monoisotopic (exact) mass is 680 g/mol. The Hall–Kier alpha value is -5.99. The number of nitrogens with one attached hydrogen (secondary N) is 1. The van der Waals surface area contributed by atoms with Crippen LogP contribution in [0.4, 0.5) is 0 Å². The third-order valence-corrected chi connectivity index (χ3v) is 12.6. The number of benzene rings is 6. The van der Waals surface area contributed by atoms with Gasteiger partial charge >= 0.3 is 0 Å². The molecule has 2 heteroatoms. The van der Waals surface area contributed by atoms with E-state index >= 15 is 0 Å². The number of aromatic nitrogens is 2. The number of rotatable bonds is 3. The van der Waals surface area contributed by atoms with Gasteiger partial charge < -0.3 is 4.98 Å². The maximum Gasteiger partial charge on any atom is 0.0712 e. The van der Waals surface area contributed by atoms with Gasteiger partial charge in [-0.05, 0) is 135 Å².